The Morgan fingerprint density at radius 3 is 2.53 bits per heavy atom. The van der Waals surface area contributed by atoms with Crippen molar-refractivity contribution >= 4 is 17.5 Å². The van der Waals surface area contributed by atoms with Crippen LogP contribution >= 0.6 is 0 Å². The monoisotopic (exact) mass is 234 g/mol. The minimum absolute atomic E-state index is 0.0524. The van der Waals surface area contributed by atoms with Gasteiger partial charge in [-0.2, -0.15) is 0 Å². The van der Waals surface area contributed by atoms with Crippen LogP contribution in [-0.2, 0) is 16.1 Å². The van der Waals surface area contributed by atoms with Crippen molar-refractivity contribution in [3.63, 3.8) is 0 Å². The fourth-order valence-corrected chi connectivity index (χ4v) is 2.31. The van der Waals surface area contributed by atoms with Crippen LogP contribution in [0.15, 0.2) is 18.2 Å². The third-order valence-electron chi connectivity index (χ3n) is 3.43. The molecule has 88 valence electrons. The quantitative estimate of drug-likeness (QED) is 0.611. The summed E-state index contributed by atoms with van der Waals surface area (Å²) in [6.07, 6.45) is 0.654. The Bertz CT molecular complexity index is 489. The molecule has 2 unspecified atom stereocenters. The van der Waals surface area contributed by atoms with Gasteiger partial charge >= 0.3 is 0 Å². The summed E-state index contributed by atoms with van der Waals surface area (Å²) in [5.41, 5.74) is 6.13. The molecule has 0 aromatic heterocycles. The summed E-state index contributed by atoms with van der Waals surface area (Å²) in [6, 6.07) is 4.33. The minimum Gasteiger partial charge on any atom is -0.398 e. The molecule has 0 bridgehead atoms. The molecule has 0 radical (unpaired) electrons. The normalized spacial score (nSPS) is 26.3. The molecule has 1 aromatic carbocycles. The van der Waals surface area contributed by atoms with Gasteiger partial charge in [-0.25, -0.2) is 4.39 Å². The lowest BCUT2D eigenvalue weighted by molar-refractivity contribution is -0.142. The number of carbonyl (C=O) groups is 2. The SMILES string of the molecule is Nc1cccc(F)c1CN1C(=O)C2CC2C1=O. The number of carbonyl (C=O) groups excluding carboxylic acids is 2. The first-order valence-electron chi connectivity index (χ1n) is 5.47. The van der Waals surface area contributed by atoms with Crippen molar-refractivity contribution in [1.82, 2.24) is 4.90 Å². The number of imide groups is 1. The molecule has 2 atom stereocenters. The first kappa shape index (κ1) is 10.3. The molecule has 2 aliphatic rings. The zero-order valence-electron chi connectivity index (χ0n) is 9.02. The topological polar surface area (TPSA) is 63.4 Å². The molecule has 0 spiro atoms. The van der Waals surface area contributed by atoms with Gasteiger partial charge in [0.15, 0.2) is 0 Å². The predicted molar refractivity (Wildman–Crippen MR) is 58.0 cm³/mol. The Morgan fingerprint density at radius 1 is 1.29 bits per heavy atom. The van der Waals surface area contributed by atoms with Crippen LogP contribution in [0.25, 0.3) is 0 Å². The van der Waals surface area contributed by atoms with E-state index in [0.717, 1.165) is 4.90 Å². The van der Waals surface area contributed by atoms with Gasteiger partial charge in [0, 0.05) is 11.3 Å². The van der Waals surface area contributed by atoms with Crippen molar-refractivity contribution in [2.75, 3.05) is 5.73 Å². The number of nitrogens with zero attached hydrogens (tertiary/aromatic N) is 1. The van der Waals surface area contributed by atoms with Crippen molar-refractivity contribution in [1.29, 1.82) is 0 Å². The molecule has 1 aromatic rings. The van der Waals surface area contributed by atoms with Crippen LogP contribution < -0.4 is 5.73 Å². The molecule has 1 saturated carbocycles. The van der Waals surface area contributed by atoms with Gasteiger partial charge in [0.1, 0.15) is 5.82 Å². The summed E-state index contributed by atoms with van der Waals surface area (Å²) in [6.45, 7) is -0.0524. The van der Waals surface area contributed by atoms with Gasteiger partial charge in [-0.3, -0.25) is 14.5 Å². The fraction of sp³-hybridized carbons (Fsp3) is 0.333. The van der Waals surface area contributed by atoms with Crippen LogP contribution in [0.5, 0.6) is 0 Å². The number of hydrogen-bond donors (Lipinski definition) is 1. The second-order valence-corrected chi connectivity index (χ2v) is 4.52. The highest BCUT2D eigenvalue weighted by molar-refractivity contribution is 6.08. The van der Waals surface area contributed by atoms with Crippen LogP contribution in [0.2, 0.25) is 0 Å². The highest BCUT2D eigenvalue weighted by Gasteiger charge is 2.58. The lowest BCUT2D eigenvalue weighted by Gasteiger charge is -2.17. The smallest absolute Gasteiger partial charge is 0.233 e. The Kier molecular flexibility index (Phi) is 1.98. The number of piperidine rings is 1. The maximum absolute atomic E-state index is 13.5. The zero-order chi connectivity index (χ0) is 12.2. The number of benzene rings is 1. The lowest BCUT2D eigenvalue weighted by Crippen LogP contribution is -2.32. The summed E-state index contributed by atoms with van der Waals surface area (Å²) in [5, 5.41) is 0. The number of nitrogen functional groups attached to an aromatic ring is 1. The van der Waals surface area contributed by atoms with E-state index in [-0.39, 0.29) is 41.4 Å². The van der Waals surface area contributed by atoms with E-state index in [1.807, 2.05) is 0 Å². The van der Waals surface area contributed by atoms with Crippen LogP contribution in [-0.4, -0.2) is 16.7 Å². The van der Waals surface area contributed by atoms with E-state index in [1.165, 1.54) is 12.1 Å². The minimum atomic E-state index is -0.480. The highest BCUT2D eigenvalue weighted by atomic mass is 19.1. The van der Waals surface area contributed by atoms with E-state index in [2.05, 4.69) is 0 Å². The molecule has 17 heavy (non-hydrogen) atoms. The van der Waals surface area contributed by atoms with Gasteiger partial charge in [-0.15, -0.1) is 0 Å². The number of amides is 2. The summed E-state index contributed by atoms with van der Waals surface area (Å²) in [5.74, 6) is -1.18. The van der Waals surface area contributed by atoms with Gasteiger partial charge in [0.05, 0.1) is 18.4 Å². The van der Waals surface area contributed by atoms with E-state index < -0.39 is 5.82 Å². The number of likely N-dealkylation sites (tertiary alicyclic amines) is 1. The van der Waals surface area contributed by atoms with Gasteiger partial charge in [-0.1, -0.05) is 6.07 Å². The third kappa shape index (κ3) is 1.42. The van der Waals surface area contributed by atoms with Crippen LogP contribution in [0, 0.1) is 17.7 Å². The number of rotatable bonds is 2. The van der Waals surface area contributed by atoms with E-state index in [4.69, 9.17) is 5.73 Å². The first-order chi connectivity index (χ1) is 8.09. The highest BCUT2D eigenvalue weighted by Crippen LogP contribution is 2.47. The number of fused-ring (bicyclic) bond motifs is 1. The standard InChI is InChI=1S/C12H11FN2O2/c13-9-2-1-3-10(14)8(9)5-15-11(16)6-4-7(6)12(15)17/h1-3,6-7H,4-5,14H2. The molecule has 3 rings (SSSR count). The summed E-state index contributed by atoms with van der Waals surface area (Å²) < 4.78 is 13.5. The van der Waals surface area contributed by atoms with E-state index in [1.54, 1.807) is 6.07 Å². The lowest BCUT2D eigenvalue weighted by atomic mass is 10.1. The molecular formula is C12H11FN2O2. The Hall–Kier alpha value is -1.91. The molecule has 1 aliphatic carbocycles. The first-order valence-corrected chi connectivity index (χ1v) is 5.47. The summed E-state index contributed by atoms with van der Waals surface area (Å²) in [7, 11) is 0. The van der Waals surface area contributed by atoms with E-state index in [9.17, 15) is 14.0 Å². The van der Waals surface area contributed by atoms with Gasteiger partial charge in [0.2, 0.25) is 11.8 Å². The maximum Gasteiger partial charge on any atom is 0.233 e. The van der Waals surface area contributed by atoms with Crippen molar-refractivity contribution in [2.45, 2.75) is 13.0 Å². The van der Waals surface area contributed by atoms with Crippen molar-refractivity contribution in [3.05, 3.63) is 29.6 Å². The molecule has 2 N–H and O–H groups in total. The Morgan fingerprint density at radius 2 is 1.94 bits per heavy atom. The van der Waals surface area contributed by atoms with Gasteiger partial charge < -0.3 is 5.73 Å². The number of anilines is 1. The molecule has 1 saturated heterocycles. The average Bonchev–Trinajstić information content (AvgIpc) is 3.03. The predicted octanol–water partition coefficient (Wildman–Crippen LogP) is 0.913. The van der Waals surface area contributed by atoms with Crippen LogP contribution in [0.4, 0.5) is 10.1 Å². The van der Waals surface area contributed by atoms with Crippen molar-refractivity contribution in [3.8, 4) is 0 Å². The van der Waals surface area contributed by atoms with Gasteiger partial charge in [-0.05, 0) is 18.6 Å². The molecule has 2 amide bonds. The fourth-order valence-electron chi connectivity index (χ4n) is 2.31. The molecule has 1 aliphatic heterocycles. The molecule has 2 fully saturated rings. The second-order valence-electron chi connectivity index (χ2n) is 4.52. The average molecular weight is 234 g/mol. The number of halogens is 1. The van der Waals surface area contributed by atoms with Crippen LogP contribution in [0.3, 0.4) is 0 Å². The largest absolute Gasteiger partial charge is 0.398 e. The zero-order valence-corrected chi connectivity index (χ0v) is 9.02. The summed E-state index contributed by atoms with van der Waals surface area (Å²) >= 11 is 0. The second kappa shape index (κ2) is 3.29. The Labute approximate surface area is 97.2 Å². The van der Waals surface area contributed by atoms with E-state index >= 15 is 0 Å². The third-order valence-corrected chi connectivity index (χ3v) is 3.43. The van der Waals surface area contributed by atoms with Gasteiger partial charge in [0.25, 0.3) is 0 Å². The number of nitrogens with two attached hydrogens (primary N) is 1. The molecule has 4 nitrogen and oxygen atoms in total. The molecular weight excluding hydrogens is 223 g/mol. The summed E-state index contributed by atoms with van der Waals surface area (Å²) in [4.78, 5) is 24.6. The van der Waals surface area contributed by atoms with Crippen LogP contribution in [0.1, 0.15) is 12.0 Å². The Balaban J connectivity index is 1.88. The number of hydrogen-bond acceptors (Lipinski definition) is 3. The molecule has 1 heterocycles. The van der Waals surface area contributed by atoms with E-state index in [0.29, 0.717) is 6.42 Å². The van der Waals surface area contributed by atoms with Crippen molar-refractivity contribution in [2.24, 2.45) is 11.8 Å². The van der Waals surface area contributed by atoms with Crippen molar-refractivity contribution < 1.29 is 14.0 Å². The molecule has 5 heteroatoms. The maximum atomic E-state index is 13.5.